The minimum Gasteiger partial charge on any atom is -0.293 e. The number of ketones is 1. The number of pyridine rings is 1. The van der Waals surface area contributed by atoms with Crippen molar-refractivity contribution in [3.8, 4) is 0 Å². The van der Waals surface area contributed by atoms with E-state index in [0.29, 0.717) is 16.3 Å². The van der Waals surface area contributed by atoms with Crippen LogP contribution in [-0.4, -0.2) is 10.8 Å². The van der Waals surface area contributed by atoms with Gasteiger partial charge < -0.3 is 0 Å². The average molecular weight is 252 g/mol. The lowest BCUT2D eigenvalue weighted by Crippen LogP contribution is -2.05. The molecule has 0 saturated carbocycles. The second-order valence-corrected chi connectivity index (χ2v) is 4.79. The SMILES string of the molecule is Cc1cccnc1CC(=O)c1sccc1Cl. The van der Waals surface area contributed by atoms with Crippen molar-refractivity contribution in [1.82, 2.24) is 4.98 Å². The van der Waals surface area contributed by atoms with Crippen molar-refractivity contribution in [2.75, 3.05) is 0 Å². The van der Waals surface area contributed by atoms with Gasteiger partial charge in [-0.05, 0) is 30.0 Å². The minimum absolute atomic E-state index is 0.0294. The number of halogens is 1. The average Bonchev–Trinajstić information content (AvgIpc) is 2.68. The summed E-state index contributed by atoms with van der Waals surface area (Å²) in [6, 6.07) is 5.55. The first-order valence-corrected chi connectivity index (χ1v) is 6.11. The lowest BCUT2D eigenvalue weighted by atomic mass is 10.1. The van der Waals surface area contributed by atoms with Crippen LogP contribution in [0.25, 0.3) is 0 Å². The molecule has 16 heavy (non-hydrogen) atoms. The van der Waals surface area contributed by atoms with Crippen LogP contribution in [0.15, 0.2) is 29.8 Å². The summed E-state index contributed by atoms with van der Waals surface area (Å²) in [5, 5.41) is 2.35. The van der Waals surface area contributed by atoms with Gasteiger partial charge in [-0.3, -0.25) is 9.78 Å². The molecule has 0 spiro atoms. The lowest BCUT2D eigenvalue weighted by molar-refractivity contribution is 0.0995. The molecule has 2 aromatic rings. The van der Waals surface area contributed by atoms with Crippen LogP contribution in [0.5, 0.6) is 0 Å². The van der Waals surface area contributed by atoms with E-state index in [1.54, 1.807) is 12.3 Å². The molecule has 0 atom stereocenters. The van der Waals surface area contributed by atoms with Gasteiger partial charge >= 0.3 is 0 Å². The number of nitrogens with zero attached hydrogens (tertiary/aromatic N) is 1. The molecule has 0 aliphatic heterocycles. The maximum absolute atomic E-state index is 11.9. The zero-order chi connectivity index (χ0) is 11.5. The van der Waals surface area contributed by atoms with Crippen molar-refractivity contribution < 1.29 is 4.79 Å². The Labute approximate surface area is 103 Å². The summed E-state index contributed by atoms with van der Waals surface area (Å²) in [6.45, 7) is 1.95. The van der Waals surface area contributed by atoms with E-state index in [4.69, 9.17) is 11.6 Å². The summed E-state index contributed by atoms with van der Waals surface area (Å²) in [5.41, 5.74) is 1.85. The maximum Gasteiger partial charge on any atom is 0.180 e. The topological polar surface area (TPSA) is 30.0 Å². The van der Waals surface area contributed by atoms with E-state index in [0.717, 1.165) is 11.3 Å². The second-order valence-electron chi connectivity index (χ2n) is 3.46. The number of thiophene rings is 1. The van der Waals surface area contributed by atoms with Crippen LogP contribution in [0, 0.1) is 6.92 Å². The van der Waals surface area contributed by atoms with Crippen LogP contribution in [0.3, 0.4) is 0 Å². The monoisotopic (exact) mass is 251 g/mol. The molecule has 4 heteroatoms. The molecule has 0 bridgehead atoms. The van der Waals surface area contributed by atoms with Crippen LogP contribution >= 0.6 is 22.9 Å². The third kappa shape index (κ3) is 2.31. The quantitative estimate of drug-likeness (QED) is 0.781. The third-order valence-electron chi connectivity index (χ3n) is 2.32. The van der Waals surface area contributed by atoms with Gasteiger partial charge in [-0.1, -0.05) is 17.7 Å². The number of Topliss-reactive ketones (excluding diaryl/α,β-unsaturated/α-hetero) is 1. The Hall–Kier alpha value is -1.19. The molecular weight excluding hydrogens is 242 g/mol. The van der Waals surface area contributed by atoms with Crippen molar-refractivity contribution in [1.29, 1.82) is 0 Å². The minimum atomic E-state index is 0.0294. The number of rotatable bonds is 3. The Balaban J connectivity index is 2.21. The molecule has 0 aliphatic carbocycles. The summed E-state index contributed by atoms with van der Waals surface area (Å²) in [4.78, 5) is 16.8. The van der Waals surface area contributed by atoms with Crippen molar-refractivity contribution in [2.24, 2.45) is 0 Å². The standard InChI is InChI=1S/C12H10ClNOS/c1-8-3-2-5-14-10(8)7-11(15)12-9(13)4-6-16-12/h2-6H,7H2,1H3. The molecule has 2 aromatic heterocycles. The maximum atomic E-state index is 11.9. The molecule has 0 aromatic carbocycles. The Morgan fingerprint density at radius 3 is 2.94 bits per heavy atom. The number of carbonyl (C=O) groups excluding carboxylic acids is 1. The van der Waals surface area contributed by atoms with E-state index >= 15 is 0 Å². The van der Waals surface area contributed by atoms with E-state index in [1.165, 1.54) is 11.3 Å². The van der Waals surface area contributed by atoms with Gasteiger partial charge in [-0.15, -0.1) is 11.3 Å². The van der Waals surface area contributed by atoms with E-state index in [1.807, 2.05) is 24.4 Å². The first-order valence-electron chi connectivity index (χ1n) is 4.85. The van der Waals surface area contributed by atoms with E-state index in [-0.39, 0.29) is 5.78 Å². The molecule has 0 N–H and O–H groups in total. The molecule has 2 nitrogen and oxygen atoms in total. The summed E-state index contributed by atoms with van der Waals surface area (Å²) >= 11 is 7.28. The third-order valence-corrected chi connectivity index (χ3v) is 3.70. The molecule has 0 aliphatic rings. The Bertz CT molecular complexity index is 521. The molecule has 0 unspecified atom stereocenters. The zero-order valence-corrected chi connectivity index (χ0v) is 10.3. The predicted octanol–water partition coefficient (Wildman–Crippen LogP) is 3.53. The number of aryl methyl sites for hydroxylation is 1. The highest BCUT2D eigenvalue weighted by molar-refractivity contribution is 7.12. The van der Waals surface area contributed by atoms with Crippen LogP contribution in [-0.2, 0) is 6.42 Å². The van der Waals surface area contributed by atoms with E-state index < -0.39 is 0 Å². The van der Waals surface area contributed by atoms with Crippen LogP contribution < -0.4 is 0 Å². The molecule has 0 fully saturated rings. The predicted molar refractivity (Wildman–Crippen MR) is 66.3 cm³/mol. The van der Waals surface area contributed by atoms with Crippen LogP contribution in [0.4, 0.5) is 0 Å². The van der Waals surface area contributed by atoms with Crippen LogP contribution in [0.1, 0.15) is 20.9 Å². The molecule has 82 valence electrons. The molecule has 0 radical (unpaired) electrons. The van der Waals surface area contributed by atoms with Crippen molar-refractivity contribution in [3.05, 3.63) is 50.9 Å². The summed E-state index contributed by atoms with van der Waals surface area (Å²) in [7, 11) is 0. The lowest BCUT2D eigenvalue weighted by Gasteiger charge is -2.02. The van der Waals surface area contributed by atoms with Gasteiger partial charge in [0.05, 0.1) is 22.0 Å². The molecule has 0 saturated heterocycles. The fraction of sp³-hybridized carbons (Fsp3) is 0.167. The fourth-order valence-corrected chi connectivity index (χ4v) is 2.53. The Morgan fingerprint density at radius 1 is 1.50 bits per heavy atom. The molecule has 0 amide bonds. The largest absolute Gasteiger partial charge is 0.293 e. The highest BCUT2D eigenvalue weighted by atomic mass is 35.5. The normalized spacial score (nSPS) is 10.4. The fourth-order valence-electron chi connectivity index (χ4n) is 1.43. The van der Waals surface area contributed by atoms with E-state index in [2.05, 4.69) is 4.98 Å². The molecular formula is C12H10ClNOS. The number of aromatic nitrogens is 1. The summed E-state index contributed by atoms with van der Waals surface area (Å²) < 4.78 is 0. The van der Waals surface area contributed by atoms with E-state index in [9.17, 15) is 4.79 Å². The summed E-state index contributed by atoms with van der Waals surface area (Å²) in [5.74, 6) is 0.0294. The van der Waals surface area contributed by atoms with Gasteiger partial charge in [0.25, 0.3) is 0 Å². The van der Waals surface area contributed by atoms with Crippen molar-refractivity contribution in [3.63, 3.8) is 0 Å². The van der Waals surface area contributed by atoms with Gasteiger partial charge in [-0.25, -0.2) is 0 Å². The molecule has 2 rings (SSSR count). The smallest absolute Gasteiger partial charge is 0.180 e. The van der Waals surface area contributed by atoms with Gasteiger partial charge in [0.2, 0.25) is 0 Å². The van der Waals surface area contributed by atoms with Gasteiger partial charge in [0, 0.05) is 6.20 Å². The van der Waals surface area contributed by atoms with Gasteiger partial charge in [0.1, 0.15) is 0 Å². The Kier molecular flexibility index (Phi) is 3.36. The highest BCUT2D eigenvalue weighted by Crippen LogP contribution is 2.23. The van der Waals surface area contributed by atoms with Gasteiger partial charge in [0.15, 0.2) is 5.78 Å². The molecule has 2 heterocycles. The van der Waals surface area contributed by atoms with Crippen molar-refractivity contribution >= 4 is 28.7 Å². The second kappa shape index (κ2) is 4.76. The van der Waals surface area contributed by atoms with Crippen LogP contribution in [0.2, 0.25) is 5.02 Å². The first kappa shape index (κ1) is 11.3. The highest BCUT2D eigenvalue weighted by Gasteiger charge is 2.14. The summed E-state index contributed by atoms with van der Waals surface area (Å²) in [6.07, 6.45) is 2.01. The number of carbonyl (C=O) groups is 1. The number of hydrogen-bond donors (Lipinski definition) is 0. The first-order chi connectivity index (χ1) is 7.68. The number of hydrogen-bond acceptors (Lipinski definition) is 3. The van der Waals surface area contributed by atoms with Gasteiger partial charge in [-0.2, -0.15) is 0 Å². The Morgan fingerprint density at radius 2 is 2.31 bits per heavy atom. The van der Waals surface area contributed by atoms with Crippen molar-refractivity contribution in [2.45, 2.75) is 13.3 Å². The zero-order valence-electron chi connectivity index (χ0n) is 8.74.